The van der Waals surface area contributed by atoms with Gasteiger partial charge in [-0.3, -0.25) is 9.52 Å². The Kier molecular flexibility index (Phi) is 5.96. The lowest BCUT2D eigenvalue weighted by molar-refractivity contribution is -0.111. The van der Waals surface area contributed by atoms with Gasteiger partial charge in [0.15, 0.2) is 0 Å². The van der Waals surface area contributed by atoms with Gasteiger partial charge >= 0.3 is 0 Å². The van der Waals surface area contributed by atoms with Crippen molar-refractivity contribution in [2.75, 3.05) is 10.0 Å². The Morgan fingerprint density at radius 3 is 2.43 bits per heavy atom. The van der Waals surface area contributed by atoms with E-state index in [9.17, 15) is 13.2 Å². The second kappa shape index (κ2) is 8.41. The number of carbonyl (C=O) groups is 1. The second-order valence-corrected chi connectivity index (χ2v) is 8.92. The molecule has 1 aromatic heterocycles. The molecule has 7 heteroatoms. The van der Waals surface area contributed by atoms with Crippen LogP contribution >= 0.6 is 11.3 Å². The zero-order chi connectivity index (χ0) is 20.1. The molecular formula is C21H20N2O3S2. The van der Waals surface area contributed by atoms with E-state index in [4.69, 9.17) is 0 Å². The molecule has 144 valence electrons. The zero-order valence-corrected chi connectivity index (χ0v) is 17.1. The largest absolute Gasteiger partial charge is 0.323 e. The zero-order valence-electron chi connectivity index (χ0n) is 15.5. The summed E-state index contributed by atoms with van der Waals surface area (Å²) in [7, 11) is -3.65. The van der Waals surface area contributed by atoms with Gasteiger partial charge in [0.1, 0.15) is 5.00 Å². The fourth-order valence-electron chi connectivity index (χ4n) is 2.61. The third-order valence-electron chi connectivity index (χ3n) is 4.03. The molecule has 0 aliphatic carbocycles. The second-order valence-electron chi connectivity index (χ2n) is 6.29. The van der Waals surface area contributed by atoms with Crippen LogP contribution in [0.5, 0.6) is 0 Å². The van der Waals surface area contributed by atoms with Gasteiger partial charge in [-0.2, -0.15) is 0 Å². The normalized spacial score (nSPS) is 11.5. The smallest absolute Gasteiger partial charge is 0.262 e. The average Bonchev–Trinajstić information content (AvgIpc) is 3.14. The topological polar surface area (TPSA) is 75.3 Å². The van der Waals surface area contributed by atoms with Gasteiger partial charge in [-0.05, 0) is 72.8 Å². The first-order valence-corrected chi connectivity index (χ1v) is 10.9. The molecule has 3 rings (SSSR count). The molecule has 1 heterocycles. The van der Waals surface area contributed by atoms with Crippen LogP contribution in [0.1, 0.15) is 16.7 Å². The summed E-state index contributed by atoms with van der Waals surface area (Å²) in [6.07, 6.45) is 3.22. The predicted octanol–water partition coefficient (Wildman–Crippen LogP) is 4.82. The van der Waals surface area contributed by atoms with Crippen molar-refractivity contribution in [1.82, 2.24) is 0 Å². The molecule has 28 heavy (non-hydrogen) atoms. The molecule has 0 saturated heterocycles. The number of hydrogen-bond acceptors (Lipinski definition) is 4. The van der Waals surface area contributed by atoms with Gasteiger partial charge in [0, 0.05) is 11.8 Å². The Hall–Kier alpha value is -2.90. The molecule has 3 aromatic rings. The van der Waals surface area contributed by atoms with Crippen molar-refractivity contribution in [2.24, 2.45) is 0 Å². The van der Waals surface area contributed by atoms with Gasteiger partial charge in [0.25, 0.3) is 10.0 Å². The molecule has 2 aromatic carbocycles. The number of rotatable bonds is 6. The van der Waals surface area contributed by atoms with Gasteiger partial charge in [0.05, 0.1) is 4.90 Å². The Bertz CT molecular complexity index is 1100. The van der Waals surface area contributed by atoms with Gasteiger partial charge in [-0.1, -0.05) is 23.8 Å². The van der Waals surface area contributed by atoms with E-state index >= 15 is 0 Å². The van der Waals surface area contributed by atoms with Crippen LogP contribution in [0.4, 0.5) is 10.7 Å². The van der Waals surface area contributed by atoms with Crippen molar-refractivity contribution >= 4 is 44.0 Å². The highest BCUT2D eigenvalue weighted by molar-refractivity contribution is 7.93. The predicted molar refractivity (Wildman–Crippen MR) is 115 cm³/mol. The fourth-order valence-corrected chi connectivity index (χ4v) is 4.54. The number of anilines is 2. The highest BCUT2D eigenvalue weighted by atomic mass is 32.2. The molecule has 5 nitrogen and oxygen atoms in total. The minimum Gasteiger partial charge on any atom is -0.323 e. The summed E-state index contributed by atoms with van der Waals surface area (Å²) in [5.41, 5.74) is 3.76. The third kappa shape index (κ3) is 5.09. The standard InChI is InChI=1S/C21H20N2O3S2/c1-15-5-6-17(16(2)14-15)7-12-20(24)22-18-8-10-19(11-9-18)28(25,26)23-21-4-3-13-27-21/h3-14,23H,1-2H3,(H,22,24)/b12-7+. The maximum Gasteiger partial charge on any atom is 0.262 e. The molecular weight excluding hydrogens is 392 g/mol. The summed E-state index contributed by atoms with van der Waals surface area (Å²) >= 11 is 1.31. The van der Waals surface area contributed by atoms with Gasteiger partial charge in [-0.25, -0.2) is 8.42 Å². The summed E-state index contributed by atoms with van der Waals surface area (Å²) in [5.74, 6) is -0.285. The van der Waals surface area contributed by atoms with Crippen LogP contribution in [0.25, 0.3) is 6.08 Å². The number of carbonyl (C=O) groups excluding carboxylic acids is 1. The molecule has 1 amide bonds. The van der Waals surface area contributed by atoms with E-state index in [-0.39, 0.29) is 10.8 Å². The number of sulfonamides is 1. The van der Waals surface area contributed by atoms with Crippen LogP contribution in [0.3, 0.4) is 0 Å². The minimum atomic E-state index is -3.65. The molecule has 0 bridgehead atoms. The van der Waals surface area contributed by atoms with E-state index < -0.39 is 10.0 Å². The maximum absolute atomic E-state index is 12.3. The summed E-state index contributed by atoms with van der Waals surface area (Å²) in [5, 5.41) is 5.07. The lowest BCUT2D eigenvalue weighted by atomic mass is 10.1. The number of hydrogen-bond donors (Lipinski definition) is 2. The lowest BCUT2D eigenvalue weighted by Gasteiger charge is -2.07. The summed E-state index contributed by atoms with van der Waals surface area (Å²) in [6.45, 7) is 4.01. The van der Waals surface area contributed by atoms with Crippen molar-refractivity contribution in [3.05, 3.63) is 82.7 Å². The molecule has 0 aliphatic heterocycles. The molecule has 0 aliphatic rings. The fraction of sp³-hybridized carbons (Fsp3) is 0.0952. The Morgan fingerprint density at radius 1 is 1.04 bits per heavy atom. The molecule has 0 fully saturated rings. The van der Waals surface area contributed by atoms with Gasteiger partial charge in [-0.15, -0.1) is 11.3 Å². The van der Waals surface area contributed by atoms with Gasteiger partial charge in [0.2, 0.25) is 5.91 Å². The molecule has 2 N–H and O–H groups in total. The SMILES string of the molecule is Cc1ccc(/C=C/C(=O)Nc2ccc(S(=O)(=O)Nc3cccs3)cc2)c(C)c1. The minimum absolute atomic E-state index is 0.129. The number of aryl methyl sites for hydroxylation is 2. The first kappa shape index (κ1) is 19.9. The van der Waals surface area contributed by atoms with Crippen molar-refractivity contribution in [2.45, 2.75) is 18.7 Å². The number of amides is 1. The maximum atomic E-state index is 12.3. The van der Waals surface area contributed by atoms with E-state index in [1.807, 2.05) is 26.0 Å². The van der Waals surface area contributed by atoms with Crippen molar-refractivity contribution < 1.29 is 13.2 Å². The first-order chi connectivity index (χ1) is 13.3. The van der Waals surface area contributed by atoms with E-state index in [2.05, 4.69) is 16.1 Å². The van der Waals surface area contributed by atoms with Crippen LogP contribution in [0.15, 0.2) is 70.9 Å². The summed E-state index contributed by atoms with van der Waals surface area (Å²) in [4.78, 5) is 12.3. The molecule has 0 saturated carbocycles. The van der Waals surface area contributed by atoms with E-state index in [0.717, 1.165) is 11.1 Å². The Labute approximate surface area is 168 Å². The quantitative estimate of drug-likeness (QED) is 0.570. The van der Waals surface area contributed by atoms with Gasteiger partial charge < -0.3 is 5.32 Å². The molecule has 0 unspecified atom stereocenters. The molecule has 0 spiro atoms. The lowest BCUT2D eigenvalue weighted by Crippen LogP contribution is -2.12. The van der Waals surface area contributed by atoms with Crippen molar-refractivity contribution in [1.29, 1.82) is 0 Å². The van der Waals surface area contributed by atoms with E-state index in [0.29, 0.717) is 10.7 Å². The van der Waals surface area contributed by atoms with Crippen LogP contribution in [-0.2, 0) is 14.8 Å². The summed E-state index contributed by atoms with van der Waals surface area (Å²) < 4.78 is 27.2. The van der Waals surface area contributed by atoms with E-state index in [1.165, 1.54) is 35.1 Å². The Morgan fingerprint density at radius 2 is 1.79 bits per heavy atom. The van der Waals surface area contributed by atoms with Crippen LogP contribution in [-0.4, -0.2) is 14.3 Å². The monoisotopic (exact) mass is 412 g/mol. The van der Waals surface area contributed by atoms with Crippen molar-refractivity contribution in [3.63, 3.8) is 0 Å². The molecule has 0 radical (unpaired) electrons. The highest BCUT2D eigenvalue weighted by Gasteiger charge is 2.14. The first-order valence-electron chi connectivity index (χ1n) is 8.56. The number of benzene rings is 2. The van der Waals surface area contributed by atoms with Crippen LogP contribution < -0.4 is 10.0 Å². The van der Waals surface area contributed by atoms with Crippen molar-refractivity contribution in [3.8, 4) is 0 Å². The molecule has 0 atom stereocenters. The average molecular weight is 413 g/mol. The van der Waals surface area contributed by atoms with Crippen LogP contribution in [0.2, 0.25) is 0 Å². The summed E-state index contributed by atoms with van der Waals surface area (Å²) in [6, 6.07) is 15.5. The number of nitrogens with one attached hydrogen (secondary N) is 2. The number of thiophene rings is 1. The third-order valence-corrected chi connectivity index (χ3v) is 6.32. The Balaban J connectivity index is 1.65. The van der Waals surface area contributed by atoms with Crippen LogP contribution in [0, 0.1) is 13.8 Å². The highest BCUT2D eigenvalue weighted by Crippen LogP contribution is 2.21. The van der Waals surface area contributed by atoms with E-state index in [1.54, 1.807) is 35.7 Å².